The van der Waals surface area contributed by atoms with E-state index in [9.17, 15) is 5.11 Å². The molecule has 3 rings (SSSR count). The number of benzene rings is 3. The molecule has 3 atom stereocenters. The quantitative estimate of drug-likeness (QED) is 0.194. The van der Waals surface area contributed by atoms with Crippen LogP contribution in [0.2, 0.25) is 0 Å². The van der Waals surface area contributed by atoms with E-state index in [0.717, 1.165) is 18.6 Å². The molecule has 0 fully saturated rings. The first-order valence-electron chi connectivity index (χ1n) is 12.5. The van der Waals surface area contributed by atoms with Crippen molar-refractivity contribution < 1.29 is 28.8 Å². The predicted octanol–water partition coefficient (Wildman–Crippen LogP) is 6.92. The smallest absolute Gasteiger partial charge is 0.197 e. The molecule has 3 aromatic carbocycles. The molecule has 3 unspecified atom stereocenters. The van der Waals surface area contributed by atoms with Crippen molar-refractivity contribution in [3.8, 4) is 28.7 Å². The van der Waals surface area contributed by atoms with Crippen molar-refractivity contribution in [3.05, 3.63) is 77.9 Å². The van der Waals surface area contributed by atoms with E-state index in [1.54, 1.807) is 32.4 Å². The van der Waals surface area contributed by atoms with Crippen LogP contribution >= 0.6 is 0 Å². The maximum absolute atomic E-state index is 9.54. The number of hydrogen-bond acceptors (Lipinski definition) is 6. The van der Waals surface area contributed by atoms with Crippen molar-refractivity contribution in [1.29, 1.82) is 0 Å². The Morgan fingerprint density at radius 2 is 1.39 bits per heavy atom. The van der Waals surface area contributed by atoms with Crippen molar-refractivity contribution in [2.75, 3.05) is 27.4 Å². The van der Waals surface area contributed by atoms with Gasteiger partial charge < -0.3 is 28.8 Å². The number of phenols is 1. The molecule has 0 aliphatic rings. The van der Waals surface area contributed by atoms with E-state index in [-0.39, 0.29) is 0 Å². The fourth-order valence-electron chi connectivity index (χ4n) is 4.23. The molecule has 0 aromatic heterocycles. The summed E-state index contributed by atoms with van der Waals surface area (Å²) < 4.78 is 28.0. The Hall–Kier alpha value is -3.38. The van der Waals surface area contributed by atoms with Crippen LogP contribution in [0, 0.1) is 0 Å². The molecule has 1 N–H and O–H groups in total. The number of hydrogen-bond donors (Lipinski definition) is 1. The lowest BCUT2D eigenvalue weighted by Crippen LogP contribution is -2.20. The van der Waals surface area contributed by atoms with Gasteiger partial charge in [0.15, 0.2) is 17.8 Å². The molecule has 0 heterocycles. The number of ether oxygens (including phenoxy) is 5. The molecule has 0 saturated carbocycles. The minimum Gasteiger partial charge on any atom is -0.508 e. The number of methoxy groups -OCH3 is 2. The van der Waals surface area contributed by atoms with Gasteiger partial charge in [0.05, 0.1) is 20.8 Å². The second-order valence-electron chi connectivity index (χ2n) is 8.82. The SMILES string of the molecule is CCC(CC(C)c1ccc(O)cc1)c1ccc(OC(C)OCCOc2ccc(OC)c(OC)c2)cc1. The van der Waals surface area contributed by atoms with Crippen molar-refractivity contribution >= 4 is 0 Å². The van der Waals surface area contributed by atoms with Crippen LogP contribution in [-0.4, -0.2) is 38.8 Å². The summed E-state index contributed by atoms with van der Waals surface area (Å²) in [6, 6.07) is 21.2. The van der Waals surface area contributed by atoms with Gasteiger partial charge in [-0.2, -0.15) is 0 Å². The van der Waals surface area contributed by atoms with Gasteiger partial charge in [0.2, 0.25) is 0 Å². The van der Waals surface area contributed by atoms with E-state index >= 15 is 0 Å². The Kier molecular flexibility index (Phi) is 10.3. The summed E-state index contributed by atoms with van der Waals surface area (Å²) in [5, 5.41) is 9.54. The molecule has 6 heteroatoms. The third-order valence-electron chi connectivity index (χ3n) is 6.31. The van der Waals surface area contributed by atoms with Crippen molar-refractivity contribution in [2.24, 2.45) is 0 Å². The number of aromatic hydroxyl groups is 1. The average Bonchev–Trinajstić information content (AvgIpc) is 2.90. The highest BCUT2D eigenvalue weighted by atomic mass is 16.7. The minimum absolute atomic E-state index is 0.303. The number of phenolic OH excluding ortho intramolecular Hbond substituents is 1. The van der Waals surface area contributed by atoms with Crippen LogP contribution in [-0.2, 0) is 4.74 Å². The fourth-order valence-corrected chi connectivity index (χ4v) is 4.23. The van der Waals surface area contributed by atoms with Crippen molar-refractivity contribution in [1.82, 2.24) is 0 Å². The zero-order chi connectivity index (χ0) is 25.9. The lowest BCUT2D eigenvalue weighted by molar-refractivity contribution is -0.0739. The maximum Gasteiger partial charge on any atom is 0.197 e. The maximum atomic E-state index is 9.54. The number of rotatable bonds is 14. The Labute approximate surface area is 214 Å². The first-order chi connectivity index (χ1) is 17.4. The summed E-state index contributed by atoms with van der Waals surface area (Å²) in [5.41, 5.74) is 2.54. The molecule has 0 spiro atoms. The highest BCUT2D eigenvalue weighted by Crippen LogP contribution is 2.33. The van der Waals surface area contributed by atoms with Gasteiger partial charge >= 0.3 is 0 Å². The second kappa shape index (κ2) is 13.6. The van der Waals surface area contributed by atoms with Crippen LogP contribution in [0.1, 0.15) is 56.6 Å². The van der Waals surface area contributed by atoms with Crippen LogP contribution in [0.3, 0.4) is 0 Å². The van der Waals surface area contributed by atoms with Gasteiger partial charge in [-0.15, -0.1) is 0 Å². The lowest BCUT2D eigenvalue weighted by atomic mass is 9.84. The molecule has 194 valence electrons. The largest absolute Gasteiger partial charge is 0.508 e. The standard InChI is InChI=1S/C30H38O6/c1-6-23(19-21(2)24-7-11-26(31)12-8-24)25-9-13-27(14-10-25)36-22(3)34-17-18-35-28-15-16-29(32-4)30(20-28)33-5/h7-16,20-23,31H,6,17-19H2,1-5H3. The zero-order valence-electron chi connectivity index (χ0n) is 21.9. The molecule has 6 nitrogen and oxygen atoms in total. The van der Waals surface area contributed by atoms with E-state index in [4.69, 9.17) is 23.7 Å². The van der Waals surface area contributed by atoms with Crippen LogP contribution in [0.4, 0.5) is 0 Å². The molecule has 0 radical (unpaired) electrons. The summed E-state index contributed by atoms with van der Waals surface area (Å²) in [4.78, 5) is 0. The van der Waals surface area contributed by atoms with Gasteiger partial charge in [-0.25, -0.2) is 0 Å². The average molecular weight is 495 g/mol. The molecular formula is C30H38O6. The van der Waals surface area contributed by atoms with Gasteiger partial charge in [-0.1, -0.05) is 38.1 Å². The van der Waals surface area contributed by atoms with Crippen molar-refractivity contribution in [2.45, 2.75) is 51.7 Å². The molecule has 0 bridgehead atoms. The van der Waals surface area contributed by atoms with Gasteiger partial charge in [-0.05, 0) is 79.1 Å². The molecule has 0 amide bonds. The van der Waals surface area contributed by atoms with E-state index in [1.807, 2.05) is 43.3 Å². The predicted molar refractivity (Wildman–Crippen MR) is 142 cm³/mol. The third kappa shape index (κ3) is 7.82. The molecule has 36 heavy (non-hydrogen) atoms. The highest BCUT2D eigenvalue weighted by molar-refractivity contribution is 5.45. The monoisotopic (exact) mass is 494 g/mol. The van der Waals surface area contributed by atoms with Crippen LogP contribution in [0.15, 0.2) is 66.7 Å². The summed E-state index contributed by atoms with van der Waals surface area (Å²) in [6.45, 7) is 7.11. The zero-order valence-corrected chi connectivity index (χ0v) is 21.9. The molecule has 0 saturated heterocycles. The first kappa shape index (κ1) is 27.2. The molecule has 3 aromatic rings. The van der Waals surface area contributed by atoms with Crippen LogP contribution in [0.25, 0.3) is 0 Å². The topological polar surface area (TPSA) is 66.4 Å². The summed E-state index contributed by atoms with van der Waals surface area (Å²) in [6.07, 6.45) is 1.70. The Balaban J connectivity index is 1.44. The Bertz CT molecular complexity index is 1050. The van der Waals surface area contributed by atoms with Crippen LogP contribution in [0.5, 0.6) is 28.7 Å². The minimum atomic E-state index is -0.402. The van der Waals surface area contributed by atoms with E-state index in [1.165, 1.54) is 11.1 Å². The van der Waals surface area contributed by atoms with Crippen molar-refractivity contribution in [3.63, 3.8) is 0 Å². The molecular weight excluding hydrogens is 456 g/mol. The van der Waals surface area contributed by atoms with E-state index < -0.39 is 6.29 Å². The highest BCUT2D eigenvalue weighted by Gasteiger charge is 2.16. The summed E-state index contributed by atoms with van der Waals surface area (Å²) in [7, 11) is 3.19. The van der Waals surface area contributed by atoms with E-state index in [2.05, 4.69) is 26.0 Å². The van der Waals surface area contributed by atoms with Gasteiger partial charge in [0, 0.05) is 6.07 Å². The third-order valence-corrected chi connectivity index (χ3v) is 6.31. The molecule has 0 aliphatic carbocycles. The van der Waals surface area contributed by atoms with Gasteiger partial charge in [0.25, 0.3) is 0 Å². The van der Waals surface area contributed by atoms with Gasteiger partial charge in [0.1, 0.15) is 23.9 Å². The van der Waals surface area contributed by atoms with Crippen LogP contribution < -0.4 is 18.9 Å². The summed E-state index contributed by atoms with van der Waals surface area (Å²) in [5.74, 6) is 3.89. The Morgan fingerprint density at radius 3 is 2.03 bits per heavy atom. The second-order valence-corrected chi connectivity index (χ2v) is 8.82. The Morgan fingerprint density at radius 1 is 0.750 bits per heavy atom. The summed E-state index contributed by atoms with van der Waals surface area (Å²) >= 11 is 0. The van der Waals surface area contributed by atoms with Gasteiger partial charge in [-0.3, -0.25) is 0 Å². The first-order valence-corrected chi connectivity index (χ1v) is 12.5. The molecule has 0 aliphatic heterocycles. The lowest BCUT2D eigenvalue weighted by Gasteiger charge is -2.21. The van der Waals surface area contributed by atoms with E-state index in [0.29, 0.717) is 48.0 Å². The fraction of sp³-hybridized carbons (Fsp3) is 0.400. The normalized spacial score (nSPS) is 13.5.